The van der Waals surface area contributed by atoms with Gasteiger partial charge in [0.25, 0.3) is 0 Å². The van der Waals surface area contributed by atoms with Crippen molar-refractivity contribution in [3.8, 4) is 0 Å². The number of hydrogen-bond donors (Lipinski definition) is 1. The second-order valence-electron chi connectivity index (χ2n) is 6.04. The summed E-state index contributed by atoms with van der Waals surface area (Å²) < 4.78 is 5.27. The van der Waals surface area contributed by atoms with Gasteiger partial charge in [0.15, 0.2) is 5.82 Å². The van der Waals surface area contributed by atoms with Crippen LogP contribution >= 0.6 is 0 Å². The second-order valence-corrected chi connectivity index (χ2v) is 6.04. The number of aryl methyl sites for hydroxylation is 1. The SMILES string of the molecule is Cc1ccc(NC(=O)N2CC(c3nc(C(C)C)no3)C2)cc1. The first-order valence-corrected chi connectivity index (χ1v) is 7.49. The lowest BCUT2D eigenvalue weighted by atomic mass is 10.0. The molecule has 22 heavy (non-hydrogen) atoms. The maximum atomic E-state index is 12.1. The van der Waals surface area contributed by atoms with Gasteiger partial charge in [-0.1, -0.05) is 36.7 Å². The van der Waals surface area contributed by atoms with E-state index >= 15 is 0 Å². The molecule has 0 aliphatic carbocycles. The lowest BCUT2D eigenvalue weighted by Gasteiger charge is -2.36. The van der Waals surface area contributed by atoms with Crippen LogP contribution in [0, 0.1) is 6.92 Å². The Labute approximate surface area is 129 Å². The number of likely N-dealkylation sites (tertiary alicyclic amines) is 1. The lowest BCUT2D eigenvalue weighted by Crippen LogP contribution is -2.50. The van der Waals surface area contributed by atoms with Crippen molar-refractivity contribution in [2.75, 3.05) is 18.4 Å². The minimum absolute atomic E-state index is 0.0938. The highest BCUT2D eigenvalue weighted by molar-refractivity contribution is 5.89. The van der Waals surface area contributed by atoms with Gasteiger partial charge in [0.2, 0.25) is 5.89 Å². The van der Waals surface area contributed by atoms with Gasteiger partial charge in [-0.25, -0.2) is 4.79 Å². The molecular formula is C16H20N4O2. The van der Waals surface area contributed by atoms with E-state index in [9.17, 15) is 4.79 Å². The number of carbonyl (C=O) groups excluding carboxylic acids is 1. The number of nitrogens with zero attached hydrogens (tertiary/aromatic N) is 3. The van der Waals surface area contributed by atoms with Gasteiger partial charge in [-0.15, -0.1) is 0 Å². The Bertz CT molecular complexity index is 657. The van der Waals surface area contributed by atoms with Crippen molar-refractivity contribution in [3.05, 3.63) is 41.5 Å². The van der Waals surface area contributed by atoms with E-state index in [1.807, 2.05) is 45.0 Å². The Hall–Kier alpha value is -2.37. The first-order valence-electron chi connectivity index (χ1n) is 7.49. The average Bonchev–Trinajstić information content (AvgIpc) is 2.89. The Kier molecular flexibility index (Phi) is 3.83. The Balaban J connectivity index is 1.53. The molecule has 2 heterocycles. The van der Waals surface area contributed by atoms with Crippen LogP contribution < -0.4 is 5.32 Å². The molecule has 1 aromatic heterocycles. The van der Waals surface area contributed by atoms with Crippen LogP contribution in [0.1, 0.15) is 43.0 Å². The Morgan fingerprint density at radius 2 is 2.00 bits per heavy atom. The molecule has 6 heteroatoms. The van der Waals surface area contributed by atoms with E-state index in [-0.39, 0.29) is 17.9 Å². The van der Waals surface area contributed by atoms with Crippen molar-refractivity contribution in [2.45, 2.75) is 32.6 Å². The zero-order valence-electron chi connectivity index (χ0n) is 13.0. The summed E-state index contributed by atoms with van der Waals surface area (Å²) in [4.78, 5) is 18.2. The third kappa shape index (κ3) is 2.95. The zero-order valence-corrected chi connectivity index (χ0v) is 13.0. The van der Waals surface area contributed by atoms with Crippen LogP contribution in [0.3, 0.4) is 0 Å². The van der Waals surface area contributed by atoms with Crippen LogP contribution in [0.2, 0.25) is 0 Å². The number of rotatable bonds is 3. The predicted octanol–water partition coefficient (Wildman–Crippen LogP) is 3.13. The number of urea groups is 1. The molecule has 1 aliphatic rings. The third-order valence-electron chi connectivity index (χ3n) is 3.79. The van der Waals surface area contributed by atoms with Gasteiger partial charge >= 0.3 is 6.03 Å². The summed E-state index contributed by atoms with van der Waals surface area (Å²) >= 11 is 0. The van der Waals surface area contributed by atoms with Gasteiger partial charge in [-0.05, 0) is 19.1 Å². The molecule has 116 valence electrons. The molecule has 0 radical (unpaired) electrons. The molecule has 0 unspecified atom stereocenters. The van der Waals surface area contributed by atoms with Crippen molar-refractivity contribution < 1.29 is 9.32 Å². The summed E-state index contributed by atoms with van der Waals surface area (Å²) in [5, 5.41) is 6.85. The van der Waals surface area contributed by atoms with E-state index in [0.717, 1.165) is 11.5 Å². The van der Waals surface area contributed by atoms with Gasteiger partial charge in [0.05, 0.1) is 5.92 Å². The minimum Gasteiger partial charge on any atom is -0.339 e. The molecule has 1 aliphatic heterocycles. The van der Waals surface area contributed by atoms with Crippen molar-refractivity contribution in [1.82, 2.24) is 15.0 Å². The van der Waals surface area contributed by atoms with Crippen molar-refractivity contribution in [2.24, 2.45) is 0 Å². The monoisotopic (exact) mass is 300 g/mol. The Morgan fingerprint density at radius 3 is 2.59 bits per heavy atom. The fourth-order valence-corrected chi connectivity index (χ4v) is 2.29. The summed E-state index contributed by atoms with van der Waals surface area (Å²) in [6.07, 6.45) is 0. The number of aromatic nitrogens is 2. The van der Waals surface area contributed by atoms with Crippen molar-refractivity contribution in [3.63, 3.8) is 0 Å². The zero-order chi connectivity index (χ0) is 15.7. The van der Waals surface area contributed by atoms with E-state index in [4.69, 9.17) is 4.52 Å². The van der Waals surface area contributed by atoms with Crippen LogP contribution in [0.4, 0.5) is 10.5 Å². The maximum Gasteiger partial charge on any atom is 0.321 e. The normalized spacial score (nSPS) is 15.0. The Morgan fingerprint density at radius 1 is 1.32 bits per heavy atom. The number of nitrogens with one attached hydrogen (secondary N) is 1. The number of amides is 2. The number of hydrogen-bond acceptors (Lipinski definition) is 4. The van der Waals surface area contributed by atoms with Crippen molar-refractivity contribution in [1.29, 1.82) is 0 Å². The first kappa shape index (κ1) is 14.6. The first-order chi connectivity index (χ1) is 10.5. The van der Waals surface area contributed by atoms with Crippen LogP contribution in [0.25, 0.3) is 0 Å². The summed E-state index contributed by atoms with van der Waals surface area (Å²) in [6.45, 7) is 7.28. The third-order valence-corrected chi connectivity index (χ3v) is 3.79. The molecule has 1 N–H and O–H groups in total. The molecule has 2 amide bonds. The molecule has 0 bridgehead atoms. The summed E-state index contributed by atoms with van der Waals surface area (Å²) in [5.74, 6) is 1.74. The highest BCUT2D eigenvalue weighted by Crippen LogP contribution is 2.27. The van der Waals surface area contributed by atoms with E-state index in [1.165, 1.54) is 5.56 Å². The number of anilines is 1. The second kappa shape index (κ2) is 5.79. The standard InChI is InChI=1S/C16H20N4O2/c1-10(2)14-18-15(22-19-14)12-8-20(9-12)16(21)17-13-6-4-11(3)5-7-13/h4-7,10,12H,8-9H2,1-3H3,(H,17,21). The molecule has 3 rings (SSSR count). The fraction of sp³-hybridized carbons (Fsp3) is 0.438. The number of benzene rings is 1. The molecule has 1 aromatic carbocycles. The van der Waals surface area contributed by atoms with Gasteiger partial charge < -0.3 is 14.7 Å². The van der Waals surface area contributed by atoms with Crippen LogP contribution in [-0.2, 0) is 0 Å². The molecule has 0 atom stereocenters. The largest absolute Gasteiger partial charge is 0.339 e. The molecular weight excluding hydrogens is 280 g/mol. The molecule has 0 spiro atoms. The molecule has 2 aromatic rings. The topological polar surface area (TPSA) is 71.3 Å². The van der Waals surface area contributed by atoms with Gasteiger partial charge in [0, 0.05) is 24.7 Å². The summed E-state index contributed by atoms with van der Waals surface area (Å²) in [7, 11) is 0. The minimum atomic E-state index is -0.0938. The van der Waals surface area contributed by atoms with E-state index in [2.05, 4.69) is 15.5 Å². The highest BCUT2D eigenvalue weighted by atomic mass is 16.5. The predicted molar refractivity (Wildman–Crippen MR) is 82.9 cm³/mol. The molecule has 6 nitrogen and oxygen atoms in total. The summed E-state index contributed by atoms with van der Waals surface area (Å²) in [6, 6.07) is 7.65. The molecule has 1 saturated heterocycles. The average molecular weight is 300 g/mol. The molecule has 0 saturated carbocycles. The van der Waals surface area contributed by atoms with E-state index < -0.39 is 0 Å². The van der Waals surface area contributed by atoms with Crippen LogP contribution in [0.15, 0.2) is 28.8 Å². The van der Waals surface area contributed by atoms with E-state index in [1.54, 1.807) is 4.90 Å². The maximum absolute atomic E-state index is 12.1. The highest BCUT2D eigenvalue weighted by Gasteiger charge is 2.35. The fourth-order valence-electron chi connectivity index (χ4n) is 2.29. The van der Waals surface area contributed by atoms with Gasteiger partial charge in [0.1, 0.15) is 0 Å². The van der Waals surface area contributed by atoms with Crippen molar-refractivity contribution >= 4 is 11.7 Å². The van der Waals surface area contributed by atoms with E-state index in [0.29, 0.717) is 19.0 Å². The van der Waals surface area contributed by atoms with Gasteiger partial charge in [-0.2, -0.15) is 4.98 Å². The van der Waals surface area contributed by atoms with Crippen LogP contribution in [-0.4, -0.2) is 34.2 Å². The van der Waals surface area contributed by atoms with Crippen LogP contribution in [0.5, 0.6) is 0 Å². The molecule has 1 fully saturated rings. The van der Waals surface area contributed by atoms with Gasteiger partial charge in [-0.3, -0.25) is 0 Å². The smallest absolute Gasteiger partial charge is 0.321 e. The lowest BCUT2D eigenvalue weighted by molar-refractivity contribution is 0.147. The number of carbonyl (C=O) groups is 1. The summed E-state index contributed by atoms with van der Waals surface area (Å²) in [5.41, 5.74) is 1.97. The quantitative estimate of drug-likeness (QED) is 0.945.